The van der Waals surface area contributed by atoms with Crippen molar-refractivity contribution in [3.05, 3.63) is 72.3 Å². The fourth-order valence-electron chi connectivity index (χ4n) is 2.46. The second kappa shape index (κ2) is 8.18. The van der Waals surface area contributed by atoms with Gasteiger partial charge < -0.3 is 20.1 Å². The Morgan fingerprint density at radius 1 is 0.963 bits per heavy atom. The van der Waals surface area contributed by atoms with Crippen LogP contribution in [0.1, 0.15) is 10.5 Å². The van der Waals surface area contributed by atoms with E-state index in [4.69, 9.17) is 9.47 Å². The smallest absolute Gasteiger partial charge is 0.274 e. The molecule has 0 saturated heterocycles. The zero-order chi connectivity index (χ0) is 19.2. The zero-order valence-electron chi connectivity index (χ0n) is 14.8. The number of benzene rings is 2. The molecule has 2 aromatic carbocycles. The quantitative estimate of drug-likeness (QED) is 0.682. The minimum Gasteiger partial charge on any atom is -0.493 e. The van der Waals surface area contributed by atoms with E-state index in [9.17, 15) is 9.18 Å². The first-order valence-electron chi connectivity index (χ1n) is 8.11. The highest BCUT2D eigenvalue weighted by molar-refractivity contribution is 6.03. The molecular formula is C20H18FN3O3. The molecule has 138 valence electrons. The summed E-state index contributed by atoms with van der Waals surface area (Å²) in [6, 6.07) is 14.6. The van der Waals surface area contributed by atoms with Gasteiger partial charge in [0, 0.05) is 23.6 Å². The Labute approximate surface area is 156 Å². The van der Waals surface area contributed by atoms with Gasteiger partial charge in [0.05, 0.1) is 19.9 Å². The number of amides is 1. The fourth-order valence-corrected chi connectivity index (χ4v) is 2.46. The molecule has 0 fully saturated rings. The number of para-hydroxylation sites is 1. The van der Waals surface area contributed by atoms with Crippen LogP contribution in [0.2, 0.25) is 0 Å². The molecule has 1 aromatic heterocycles. The van der Waals surface area contributed by atoms with Crippen LogP contribution >= 0.6 is 0 Å². The number of pyridine rings is 1. The summed E-state index contributed by atoms with van der Waals surface area (Å²) in [6.45, 7) is 0. The number of ether oxygens (including phenoxy) is 2. The number of anilines is 3. The molecule has 0 spiro atoms. The molecule has 0 atom stereocenters. The molecule has 2 N–H and O–H groups in total. The molecule has 0 aliphatic carbocycles. The van der Waals surface area contributed by atoms with E-state index >= 15 is 0 Å². The predicted molar refractivity (Wildman–Crippen MR) is 101 cm³/mol. The number of halogens is 1. The lowest BCUT2D eigenvalue weighted by molar-refractivity contribution is 0.102. The molecule has 0 unspecified atom stereocenters. The molecule has 0 aliphatic heterocycles. The van der Waals surface area contributed by atoms with Crippen LogP contribution in [-0.2, 0) is 0 Å². The minimum absolute atomic E-state index is 0.0996. The van der Waals surface area contributed by atoms with E-state index in [1.54, 1.807) is 50.6 Å². The summed E-state index contributed by atoms with van der Waals surface area (Å²) in [5.74, 6) is 0.179. The van der Waals surface area contributed by atoms with E-state index in [0.29, 0.717) is 17.2 Å². The van der Waals surface area contributed by atoms with E-state index in [0.717, 1.165) is 5.69 Å². The maximum atomic E-state index is 13.7. The van der Waals surface area contributed by atoms with Crippen LogP contribution in [0.25, 0.3) is 0 Å². The number of nitrogens with zero attached hydrogens (tertiary/aromatic N) is 1. The summed E-state index contributed by atoms with van der Waals surface area (Å²) in [5.41, 5.74) is 1.65. The number of carbonyl (C=O) groups excluding carboxylic acids is 1. The highest BCUT2D eigenvalue weighted by Crippen LogP contribution is 2.31. The number of carbonyl (C=O) groups is 1. The summed E-state index contributed by atoms with van der Waals surface area (Å²) in [6.07, 6.45) is 1.50. The zero-order valence-corrected chi connectivity index (χ0v) is 14.8. The van der Waals surface area contributed by atoms with Gasteiger partial charge in [-0.2, -0.15) is 0 Å². The molecule has 6 nitrogen and oxygen atoms in total. The van der Waals surface area contributed by atoms with Gasteiger partial charge >= 0.3 is 0 Å². The van der Waals surface area contributed by atoms with Gasteiger partial charge in [-0.1, -0.05) is 12.1 Å². The van der Waals surface area contributed by atoms with Crippen LogP contribution in [-0.4, -0.2) is 25.1 Å². The summed E-state index contributed by atoms with van der Waals surface area (Å²) in [4.78, 5) is 16.4. The van der Waals surface area contributed by atoms with Crippen molar-refractivity contribution in [2.75, 3.05) is 24.9 Å². The molecule has 3 rings (SSSR count). The fraction of sp³-hybridized carbons (Fsp3) is 0.100. The third-order valence-corrected chi connectivity index (χ3v) is 3.79. The predicted octanol–water partition coefficient (Wildman–Crippen LogP) is 4.23. The Morgan fingerprint density at radius 2 is 1.70 bits per heavy atom. The van der Waals surface area contributed by atoms with Crippen LogP contribution in [0.5, 0.6) is 11.5 Å². The number of rotatable bonds is 6. The molecule has 0 aliphatic rings. The van der Waals surface area contributed by atoms with Gasteiger partial charge in [-0.05, 0) is 36.4 Å². The van der Waals surface area contributed by atoms with Crippen LogP contribution in [0.3, 0.4) is 0 Å². The van der Waals surface area contributed by atoms with E-state index in [2.05, 4.69) is 15.6 Å². The van der Waals surface area contributed by atoms with E-state index in [-0.39, 0.29) is 11.4 Å². The molecular weight excluding hydrogens is 349 g/mol. The molecule has 0 saturated carbocycles. The highest BCUT2D eigenvalue weighted by Gasteiger charge is 2.11. The molecule has 1 amide bonds. The first kappa shape index (κ1) is 18.2. The Balaban J connectivity index is 1.77. The van der Waals surface area contributed by atoms with Crippen molar-refractivity contribution in [1.82, 2.24) is 4.98 Å². The van der Waals surface area contributed by atoms with Crippen LogP contribution < -0.4 is 20.1 Å². The maximum Gasteiger partial charge on any atom is 0.274 e. The molecule has 7 heteroatoms. The first-order valence-corrected chi connectivity index (χ1v) is 8.11. The monoisotopic (exact) mass is 367 g/mol. The number of methoxy groups -OCH3 is 2. The standard InChI is InChI=1S/C20H18FN3O3/c1-26-18-8-7-13(12-19(18)27-2)23-14-9-10-22-17(11-14)20(25)24-16-6-4-3-5-15(16)21/h3-12H,1-2H3,(H,22,23)(H,24,25). The Morgan fingerprint density at radius 3 is 2.44 bits per heavy atom. The van der Waals surface area contributed by atoms with Crippen molar-refractivity contribution in [2.24, 2.45) is 0 Å². The van der Waals surface area contributed by atoms with Crippen molar-refractivity contribution in [3.8, 4) is 11.5 Å². The van der Waals surface area contributed by atoms with E-state index in [1.807, 2.05) is 6.07 Å². The van der Waals surface area contributed by atoms with Gasteiger partial charge in [-0.15, -0.1) is 0 Å². The lowest BCUT2D eigenvalue weighted by Gasteiger charge is -2.12. The summed E-state index contributed by atoms with van der Waals surface area (Å²) in [7, 11) is 3.12. The minimum atomic E-state index is -0.509. The van der Waals surface area contributed by atoms with Crippen molar-refractivity contribution in [3.63, 3.8) is 0 Å². The number of aromatic nitrogens is 1. The highest BCUT2D eigenvalue weighted by atomic mass is 19.1. The summed E-state index contributed by atoms with van der Waals surface area (Å²) >= 11 is 0. The average Bonchev–Trinajstić information content (AvgIpc) is 2.69. The van der Waals surface area contributed by atoms with Crippen LogP contribution in [0, 0.1) is 5.82 Å². The Kier molecular flexibility index (Phi) is 5.51. The third kappa shape index (κ3) is 4.33. The van der Waals surface area contributed by atoms with Gasteiger partial charge in [0.15, 0.2) is 11.5 Å². The van der Waals surface area contributed by atoms with Gasteiger partial charge in [0.1, 0.15) is 11.5 Å². The summed E-state index contributed by atoms with van der Waals surface area (Å²) in [5, 5.41) is 5.68. The van der Waals surface area contributed by atoms with Crippen LogP contribution in [0.15, 0.2) is 60.8 Å². The van der Waals surface area contributed by atoms with Crippen molar-refractivity contribution in [2.45, 2.75) is 0 Å². The van der Waals surface area contributed by atoms with Crippen LogP contribution in [0.4, 0.5) is 21.5 Å². The normalized spacial score (nSPS) is 10.2. The van der Waals surface area contributed by atoms with Gasteiger partial charge in [-0.25, -0.2) is 4.39 Å². The van der Waals surface area contributed by atoms with Crippen molar-refractivity contribution >= 4 is 23.0 Å². The first-order chi connectivity index (χ1) is 13.1. The maximum absolute atomic E-state index is 13.7. The lowest BCUT2D eigenvalue weighted by Crippen LogP contribution is -2.14. The molecule has 0 radical (unpaired) electrons. The van der Waals surface area contributed by atoms with Gasteiger partial charge in [-0.3, -0.25) is 9.78 Å². The molecule has 3 aromatic rings. The molecule has 0 bridgehead atoms. The number of hydrogen-bond donors (Lipinski definition) is 2. The SMILES string of the molecule is COc1ccc(Nc2ccnc(C(=O)Nc3ccccc3F)c2)cc1OC. The third-order valence-electron chi connectivity index (χ3n) is 3.79. The Hall–Kier alpha value is -3.61. The average molecular weight is 367 g/mol. The van der Waals surface area contributed by atoms with E-state index < -0.39 is 11.7 Å². The largest absolute Gasteiger partial charge is 0.493 e. The van der Waals surface area contributed by atoms with Gasteiger partial charge in [0.25, 0.3) is 5.91 Å². The van der Waals surface area contributed by atoms with Crippen molar-refractivity contribution in [1.29, 1.82) is 0 Å². The lowest BCUT2D eigenvalue weighted by atomic mass is 10.2. The Bertz CT molecular complexity index is 963. The number of hydrogen-bond acceptors (Lipinski definition) is 5. The van der Waals surface area contributed by atoms with E-state index in [1.165, 1.54) is 18.3 Å². The summed E-state index contributed by atoms with van der Waals surface area (Å²) < 4.78 is 24.2. The molecule has 1 heterocycles. The number of nitrogens with one attached hydrogen (secondary N) is 2. The second-order valence-corrected chi connectivity index (χ2v) is 5.56. The molecule has 27 heavy (non-hydrogen) atoms. The topological polar surface area (TPSA) is 72.5 Å². The van der Waals surface area contributed by atoms with Crippen molar-refractivity contribution < 1.29 is 18.7 Å². The second-order valence-electron chi connectivity index (χ2n) is 5.56. The van der Waals surface area contributed by atoms with Gasteiger partial charge in [0.2, 0.25) is 0 Å².